The molecule has 4 heteroatoms. The van der Waals surface area contributed by atoms with Gasteiger partial charge in [-0.3, -0.25) is 0 Å². The van der Waals surface area contributed by atoms with Crippen LogP contribution in [0.1, 0.15) is 29.3 Å². The van der Waals surface area contributed by atoms with Crippen molar-refractivity contribution in [2.45, 2.75) is 25.3 Å². The SMILES string of the molecule is CCC(CN)OC(=O)c1cccc(CCl)c1. The summed E-state index contributed by atoms with van der Waals surface area (Å²) in [5.41, 5.74) is 6.89. The van der Waals surface area contributed by atoms with Crippen LogP contribution in [0.15, 0.2) is 24.3 Å². The molecule has 0 aliphatic carbocycles. The number of carbonyl (C=O) groups is 1. The average Bonchev–Trinajstić information content (AvgIpc) is 2.35. The first-order valence-electron chi connectivity index (χ1n) is 5.27. The average molecular weight is 242 g/mol. The summed E-state index contributed by atoms with van der Waals surface area (Å²) < 4.78 is 5.23. The zero-order valence-corrected chi connectivity index (χ0v) is 10.0. The maximum absolute atomic E-state index is 11.7. The Morgan fingerprint density at radius 2 is 2.31 bits per heavy atom. The molecule has 0 fully saturated rings. The zero-order chi connectivity index (χ0) is 12.0. The lowest BCUT2D eigenvalue weighted by atomic mass is 10.1. The van der Waals surface area contributed by atoms with Gasteiger partial charge in [0, 0.05) is 12.4 Å². The van der Waals surface area contributed by atoms with Gasteiger partial charge >= 0.3 is 5.97 Å². The van der Waals surface area contributed by atoms with Crippen molar-refractivity contribution in [2.24, 2.45) is 5.73 Å². The zero-order valence-electron chi connectivity index (χ0n) is 9.28. The molecule has 0 saturated carbocycles. The quantitative estimate of drug-likeness (QED) is 0.636. The van der Waals surface area contributed by atoms with E-state index < -0.39 is 0 Å². The number of halogens is 1. The molecule has 0 heterocycles. The molecule has 0 aromatic heterocycles. The minimum absolute atomic E-state index is 0.216. The predicted octanol–water partition coefficient (Wildman–Crippen LogP) is 2.32. The number of hydrogen-bond donors (Lipinski definition) is 1. The molecule has 2 N–H and O–H groups in total. The van der Waals surface area contributed by atoms with Crippen LogP contribution in [-0.2, 0) is 10.6 Å². The van der Waals surface area contributed by atoms with E-state index in [2.05, 4.69) is 0 Å². The van der Waals surface area contributed by atoms with Gasteiger partial charge in [0.25, 0.3) is 0 Å². The molecular formula is C12H16ClNO2. The molecular weight excluding hydrogens is 226 g/mol. The third kappa shape index (κ3) is 3.51. The molecule has 16 heavy (non-hydrogen) atoms. The highest BCUT2D eigenvalue weighted by Crippen LogP contribution is 2.10. The van der Waals surface area contributed by atoms with Gasteiger partial charge in [-0.15, -0.1) is 11.6 Å². The van der Waals surface area contributed by atoms with E-state index in [1.165, 1.54) is 0 Å². The monoisotopic (exact) mass is 241 g/mol. The summed E-state index contributed by atoms with van der Waals surface area (Å²) in [4.78, 5) is 11.7. The summed E-state index contributed by atoms with van der Waals surface area (Å²) in [6, 6.07) is 7.10. The number of carbonyl (C=O) groups excluding carboxylic acids is 1. The van der Waals surface area contributed by atoms with Crippen molar-refractivity contribution in [2.75, 3.05) is 6.54 Å². The van der Waals surface area contributed by atoms with E-state index in [0.717, 1.165) is 12.0 Å². The van der Waals surface area contributed by atoms with Gasteiger partial charge in [0.2, 0.25) is 0 Å². The van der Waals surface area contributed by atoms with Crippen molar-refractivity contribution in [3.05, 3.63) is 35.4 Å². The molecule has 0 saturated heterocycles. The van der Waals surface area contributed by atoms with Crippen LogP contribution in [0.4, 0.5) is 0 Å². The molecule has 1 rings (SSSR count). The Balaban J connectivity index is 2.72. The fourth-order valence-corrected chi connectivity index (χ4v) is 1.47. The number of benzene rings is 1. The Morgan fingerprint density at radius 1 is 1.56 bits per heavy atom. The van der Waals surface area contributed by atoms with Crippen LogP contribution in [0.5, 0.6) is 0 Å². The Labute approximate surface area is 101 Å². The van der Waals surface area contributed by atoms with Crippen molar-refractivity contribution < 1.29 is 9.53 Å². The second-order valence-corrected chi connectivity index (χ2v) is 3.77. The van der Waals surface area contributed by atoms with Gasteiger partial charge in [0.15, 0.2) is 0 Å². The van der Waals surface area contributed by atoms with Crippen LogP contribution in [0.2, 0.25) is 0 Å². The second kappa shape index (κ2) is 6.51. The number of hydrogen-bond acceptors (Lipinski definition) is 3. The first kappa shape index (κ1) is 13.0. The first-order chi connectivity index (χ1) is 7.71. The molecule has 1 aromatic carbocycles. The third-order valence-corrected chi connectivity index (χ3v) is 2.62. The summed E-state index contributed by atoms with van der Waals surface area (Å²) in [7, 11) is 0. The highest BCUT2D eigenvalue weighted by atomic mass is 35.5. The molecule has 1 aromatic rings. The van der Waals surface area contributed by atoms with Crippen LogP contribution in [-0.4, -0.2) is 18.6 Å². The second-order valence-electron chi connectivity index (χ2n) is 3.51. The van der Waals surface area contributed by atoms with Crippen LogP contribution in [0, 0.1) is 0 Å². The Morgan fingerprint density at radius 3 is 2.88 bits per heavy atom. The maximum Gasteiger partial charge on any atom is 0.338 e. The normalized spacial score (nSPS) is 12.2. The third-order valence-electron chi connectivity index (χ3n) is 2.31. The highest BCUT2D eigenvalue weighted by Gasteiger charge is 2.13. The van der Waals surface area contributed by atoms with Crippen molar-refractivity contribution in [1.82, 2.24) is 0 Å². The van der Waals surface area contributed by atoms with Gasteiger partial charge in [0.05, 0.1) is 5.56 Å². The number of esters is 1. The molecule has 1 unspecified atom stereocenters. The fraction of sp³-hybridized carbons (Fsp3) is 0.417. The van der Waals surface area contributed by atoms with Crippen molar-refractivity contribution in [3.63, 3.8) is 0 Å². The van der Waals surface area contributed by atoms with Gasteiger partial charge in [-0.05, 0) is 24.1 Å². The Kier molecular flexibility index (Phi) is 5.29. The molecule has 3 nitrogen and oxygen atoms in total. The van der Waals surface area contributed by atoms with Crippen LogP contribution < -0.4 is 5.73 Å². The van der Waals surface area contributed by atoms with E-state index in [9.17, 15) is 4.79 Å². The lowest BCUT2D eigenvalue weighted by Gasteiger charge is -2.13. The minimum atomic E-state index is -0.343. The molecule has 0 aliphatic heterocycles. The maximum atomic E-state index is 11.7. The summed E-state index contributed by atoms with van der Waals surface area (Å²) in [5.74, 6) is 0.0409. The molecule has 0 aliphatic rings. The number of nitrogens with two attached hydrogens (primary N) is 1. The molecule has 0 radical (unpaired) electrons. The van der Waals surface area contributed by atoms with Crippen molar-refractivity contribution in [1.29, 1.82) is 0 Å². The van der Waals surface area contributed by atoms with E-state index in [1.807, 2.05) is 13.0 Å². The summed E-state index contributed by atoms with van der Waals surface area (Å²) in [6.07, 6.45) is 0.504. The summed E-state index contributed by atoms with van der Waals surface area (Å²) in [6.45, 7) is 2.28. The minimum Gasteiger partial charge on any atom is -0.457 e. The number of rotatable bonds is 5. The number of alkyl halides is 1. The highest BCUT2D eigenvalue weighted by molar-refractivity contribution is 6.17. The Bertz CT molecular complexity index is 351. The molecule has 0 amide bonds. The molecule has 0 bridgehead atoms. The predicted molar refractivity (Wildman–Crippen MR) is 64.5 cm³/mol. The number of ether oxygens (including phenoxy) is 1. The Hall–Kier alpha value is -1.06. The summed E-state index contributed by atoms with van der Waals surface area (Å²) in [5, 5.41) is 0. The van der Waals surface area contributed by atoms with E-state index in [4.69, 9.17) is 22.1 Å². The van der Waals surface area contributed by atoms with Gasteiger partial charge in [0.1, 0.15) is 6.10 Å². The van der Waals surface area contributed by atoms with E-state index >= 15 is 0 Å². The van der Waals surface area contributed by atoms with Crippen molar-refractivity contribution >= 4 is 17.6 Å². The van der Waals surface area contributed by atoms with E-state index in [1.54, 1.807) is 18.2 Å². The van der Waals surface area contributed by atoms with Crippen LogP contribution in [0.3, 0.4) is 0 Å². The largest absolute Gasteiger partial charge is 0.457 e. The van der Waals surface area contributed by atoms with Crippen LogP contribution in [0.25, 0.3) is 0 Å². The van der Waals surface area contributed by atoms with Gasteiger partial charge in [-0.25, -0.2) is 4.79 Å². The molecule has 1 atom stereocenters. The molecule has 88 valence electrons. The first-order valence-corrected chi connectivity index (χ1v) is 5.80. The van der Waals surface area contributed by atoms with E-state index in [-0.39, 0.29) is 12.1 Å². The summed E-state index contributed by atoms with van der Waals surface area (Å²) >= 11 is 5.69. The van der Waals surface area contributed by atoms with Gasteiger partial charge in [-0.2, -0.15) is 0 Å². The smallest absolute Gasteiger partial charge is 0.338 e. The lowest BCUT2D eigenvalue weighted by molar-refractivity contribution is 0.0312. The standard InChI is InChI=1S/C12H16ClNO2/c1-2-11(8-14)16-12(15)10-5-3-4-9(6-10)7-13/h3-6,11H,2,7-8,14H2,1H3. The van der Waals surface area contributed by atoms with Gasteiger partial charge in [-0.1, -0.05) is 19.1 Å². The van der Waals surface area contributed by atoms with Crippen molar-refractivity contribution in [3.8, 4) is 0 Å². The lowest BCUT2D eigenvalue weighted by Crippen LogP contribution is -2.26. The topological polar surface area (TPSA) is 52.3 Å². The van der Waals surface area contributed by atoms with E-state index in [0.29, 0.717) is 18.0 Å². The fourth-order valence-electron chi connectivity index (χ4n) is 1.30. The van der Waals surface area contributed by atoms with Crippen LogP contribution >= 0.6 is 11.6 Å². The van der Waals surface area contributed by atoms with Gasteiger partial charge < -0.3 is 10.5 Å². The molecule has 0 spiro atoms.